The minimum absolute atomic E-state index is 0.166. The molecule has 0 radical (unpaired) electrons. The SMILES string of the molecule is Cn1cc(-c2cc(F)cc(CNC(=O)c3nccc4nc(C5CCOC5)[nH]c34)c2)cn1. The third-order valence-electron chi connectivity index (χ3n) is 5.40. The molecule has 158 valence electrons. The second kappa shape index (κ2) is 7.92. The predicted octanol–water partition coefficient (Wildman–Crippen LogP) is 2.93. The molecule has 8 nitrogen and oxygen atoms in total. The van der Waals surface area contributed by atoms with Crippen molar-refractivity contribution in [2.24, 2.45) is 7.05 Å². The molecule has 1 atom stereocenters. The number of hydrogen-bond acceptors (Lipinski definition) is 5. The van der Waals surface area contributed by atoms with Crippen LogP contribution in [0.1, 0.15) is 34.2 Å². The van der Waals surface area contributed by atoms with Gasteiger partial charge in [-0.1, -0.05) is 0 Å². The summed E-state index contributed by atoms with van der Waals surface area (Å²) in [6, 6.07) is 6.46. The van der Waals surface area contributed by atoms with Gasteiger partial charge in [0.05, 0.1) is 23.8 Å². The Bertz CT molecular complexity index is 1260. The topological polar surface area (TPSA) is 97.7 Å². The number of rotatable bonds is 5. The second-order valence-electron chi connectivity index (χ2n) is 7.67. The van der Waals surface area contributed by atoms with Crippen molar-refractivity contribution in [2.75, 3.05) is 13.2 Å². The second-order valence-corrected chi connectivity index (χ2v) is 7.67. The van der Waals surface area contributed by atoms with Gasteiger partial charge in [0.15, 0.2) is 5.69 Å². The smallest absolute Gasteiger partial charge is 0.272 e. The highest BCUT2D eigenvalue weighted by Gasteiger charge is 2.23. The number of nitrogens with one attached hydrogen (secondary N) is 2. The van der Waals surface area contributed by atoms with E-state index < -0.39 is 0 Å². The maximum absolute atomic E-state index is 14.2. The van der Waals surface area contributed by atoms with Gasteiger partial charge in [0.2, 0.25) is 0 Å². The van der Waals surface area contributed by atoms with E-state index in [9.17, 15) is 9.18 Å². The summed E-state index contributed by atoms with van der Waals surface area (Å²) in [5.74, 6) is 0.278. The van der Waals surface area contributed by atoms with Crippen LogP contribution in [0.4, 0.5) is 4.39 Å². The number of H-pyrrole nitrogens is 1. The Kier molecular flexibility index (Phi) is 4.95. The van der Waals surface area contributed by atoms with Crippen LogP contribution in [0, 0.1) is 5.82 Å². The highest BCUT2D eigenvalue weighted by molar-refractivity contribution is 6.02. The lowest BCUT2D eigenvalue weighted by atomic mass is 10.1. The van der Waals surface area contributed by atoms with Crippen molar-refractivity contribution >= 4 is 16.9 Å². The summed E-state index contributed by atoms with van der Waals surface area (Å²) in [6.07, 6.45) is 5.95. The third-order valence-corrected chi connectivity index (χ3v) is 5.40. The van der Waals surface area contributed by atoms with Crippen LogP contribution >= 0.6 is 0 Å². The van der Waals surface area contributed by atoms with Crippen LogP contribution < -0.4 is 5.32 Å². The summed E-state index contributed by atoms with van der Waals surface area (Å²) in [4.78, 5) is 24.9. The Morgan fingerprint density at radius 2 is 2.26 bits per heavy atom. The van der Waals surface area contributed by atoms with Gasteiger partial charge in [0, 0.05) is 44.1 Å². The van der Waals surface area contributed by atoms with Gasteiger partial charge in [-0.2, -0.15) is 5.10 Å². The first kappa shape index (κ1) is 19.4. The molecule has 4 aromatic rings. The number of fused-ring (bicyclic) bond motifs is 1. The zero-order valence-corrected chi connectivity index (χ0v) is 16.9. The molecule has 1 aromatic carbocycles. The highest BCUT2D eigenvalue weighted by atomic mass is 19.1. The fraction of sp³-hybridized carbons (Fsp3) is 0.273. The van der Waals surface area contributed by atoms with Gasteiger partial charge in [-0.3, -0.25) is 9.48 Å². The number of nitrogens with zero attached hydrogens (tertiary/aromatic N) is 4. The minimum Gasteiger partial charge on any atom is -0.381 e. The van der Waals surface area contributed by atoms with E-state index in [0.717, 1.165) is 17.8 Å². The van der Waals surface area contributed by atoms with Crippen molar-refractivity contribution in [2.45, 2.75) is 18.9 Å². The van der Waals surface area contributed by atoms with E-state index in [1.54, 1.807) is 30.2 Å². The molecular formula is C22H21FN6O2. The van der Waals surface area contributed by atoms with Crippen molar-refractivity contribution < 1.29 is 13.9 Å². The van der Waals surface area contributed by atoms with E-state index in [-0.39, 0.29) is 29.9 Å². The first-order valence-corrected chi connectivity index (χ1v) is 10.1. The number of amides is 1. The molecule has 1 amide bonds. The van der Waals surface area contributed by atoms with Crippen molar-refractivity contribution in [3.8, 4) is 11.1 Å². The number of carbonyl (C=O) groups excluding carboxylic acids is 1. The zero-order chi connectivity index (χ0) is 21.4. The normalized spacial score (nSPS) is 16.1. The number of benzene rings is 1. The highest BCUT2D eigenvalue weighted by Crippen LogP contribution is 2.26. The maximum Gasteiger partial charge on any atom is 0.272 e. The Hall–Kier alpha value is -3.59. The summed E-state index contributed by atoms with van der Waals surface area (Å²) in [6.45, 7) is 1.50. The molecule has 1 fully saturated rings. The minimum atomic E-state index is -0.372. The van der Waals surface area contributed by atoms with E-state index in [1.165, 1.54) is 12.1 Å². The molecular weight excluding hydrogens is 399 g/mol. The van der Waals surface area contributed by atoms with Crippen LogP contribution in [0.25, 0.3) is 22.2 Å². The molecule has 5 rings (SSSR count). The molecule has 0 aliphatic carbocycles. The molecule has 1 aliphatic rings. The van der Waals surface area contributed by atoms with E-state index in [0.29, 0.717) is 35.4 Å². The lowest BCUT2D eigenvalue weighted by molar-refractivity contribution is 0.0947. The van der Waals surface area contributed by atoms with Crippen molar-refractivity contribution in [1.29, 1.82) is 0 Å². The Balaban J connectivity index is 1.36. The van der Waals surface area contributed by atoms with Crippen LogP contribution in [0.2, 0.25) is 0 Å². The lowest BCUT2D eigenvalue weighted by Crippen LogP contribution is -2.24. The number of aromatic nitrogens is 5. The Morgan fingerprint density at radius 3 is 3.03 bits per heavy atom. The summed E-state index contributed by atoms with van der Waals surface area (Å²) in [7, 11) is 1.80. The van der Waals surface area contributed by atoms with E-state index >= 15 is 0 Å². The number of pyridine rings is 1. The number of aromatic amines is 1. The Morgan fingerprint density at radius 1 is 1.35 bits per heavy atom. The van der Waals surface area contributed by atoms with Gasteiger partial charge in [0.25, 0.3) is 5.91 Å². The van der Waals surface area contributed by atoms with Gasteiger partial charge in [-0.25, -0.2) is 14.4 Å². The molecule has 31 heavy (non-hydrogen) atoms. The van der Waals surface area contributed by atoms with Gasteiger partial charge in [-0.05, 0) is 41.8 Å². The predicted molar refractivity (Wildman–Crippen MR) is 112 cm³/mol. The lowest BCUT2D eigenvalue weighted by Gasteiger charge is -2.08. The van der Waals surface area contributed by atoms with Gasteiger partial charge in [-0.15, -0.1) is 0 Å². The summed E-state index contributed by atoms with van der Waals surface area (Å²) in [5.41, 5.74) is 3.70. The van der Waals surface area contributed by atoms with Crippen LogP contribution in [-0.4, -0.2) is 43.9 Å². The monoisotopic (exact) mass is 420 g/mol. The van der Waals surface area contributed by atoms with Crippen LogP contribution in [0.5, 0.6) is 0 Å². The molecule has 0 spiro atoms. The molecule has 2 N–H and O–H groups in total. The molecule has 1 aliphatic heterocycles. The fourth-order valence-corrected chi connectivity index (χ4v) is 3.82. The number of halogens is 1. The van der Waals surface area contributed by atoms with Crippen LogP contribution in [-0.2, 0) is 18.3 Å². The van der Waals surface area contributed by atoms with Crippen molar-refractivity contribution in [3.63, 3.8) is 0 Å². The largest absolute Gasteiger partial charge is 0.381 e. The molecule has 1 saturated heterocycles. The average molecular weight is 420 g/mol. The molecule has 3 aromatic heterocycles. The van der Waals surface area contributed by atoms with E-state index in [1.807, 2.05) is 12.3 Å². The first-order chi connectivity index (χ1) is 15.1. The van der Waals surface area contributed by atoms with Crippen LogP contribution in [0.15, 0.2) is 42.9 Å². The summed E-state index contributed by atoms with van der Waals surface area (Å²) >= 11 is 0. The number of hydrogen-bond donors (Lipinski definition) is 2. The number of carbonyl (C=O) groups is 1. The third kappa shape index (κ3) is 3.91. The van der Waals surface area contributed by atoms with E-state index in [2.05, 4.69) is 25.4 Å². The maximum atomic E-state index is 14.2. The van der Waals surface area contributed by atoms with Gasteiger partial charge >= 0.3 is 0 Å². The number of ether oxygens (including phenoxy) is 1. The standard InChI is InChI=1S/C22H21FN6O2/c1-29-11-16(10-26-29)15-6-13(7-17(23)8-15)9-25-22(30)20-19-18(2-4-24-20)27-21(28-19)14-3-5-31-12-14/h2,4,6-8,10-11,14H,3,5,9,12H2,1H3,(H,25,30)(H,27,28). The van der Waals surface area contributed by atoms with Gasteiger partial charge < -0.3 is 15.0 Å². The molecule has 0 saturated carbocycles. The first-order valence-electron chi connectivity index (χ1n) is 10.1. The molecule has 4 heterocycles. The quantitative estimate of drug-likeness (QED) is 0.517. The van der Waals surface area contributed by atoms with Gasteiger partial charge in [0.1, 0.15) is 11.6 Å². The van der Waals surface area contributed by atoms with Crippen molar-refractivity contribution in [1.82, 2.24) is 30.0 Å². The number of imidazole rings is 1. The molecule has 9 heteroatoms. The molecule has 0 bridgehead atoms. The summed E-state index contributed by atoms with van der Waals surface area (Å²) in [5, 5.41) is 6.96. The molecule has 1 unspecified atom stereocenters. The fourth-order valence-electron chi connectivity index (χ4n) is 3.82. The Labute approximate surface area is 177 Å². The number of aryl methyl sites for hydroxylation is 1. The van der Waals surface area contributed by atoms with Crippen molar-refractivity contribution in [3.05, 3.63) is 65.8 Å². The summed E-state index contributed by atoms with van der Waals surface area (Å²) < 4.78 is 21.2. The van der Waals surface area contributed by atoms with Crippen LogP contribution in [0.3, 0.4) is 0 Å². The van der Waals surface area contributed by atoms with E-state index in [4.69, 9.17) is 4.74 Å². The average Bonchev–Trinajstić information content (AvgIpc) is 3.51. The zero-order valence-electron chi connectivity index (χ0n) is 16.9.